The Morgan fingerprint density at radius 1 is 1.10 bits per heavy atom. The van der Waals surface area contributed by atoms with Gasteiger partial charge in [0.25, 0.3) is 11.5 Å². The van der Waals surface area contributed by atoms with Gasteiger partial charge in [0.05, 0.1) is 11.0 Å². The van der Waals surface area contributed by atoms with Crippen LogP contribution in [0.2, 0.25) is 0 Å². The Morgan fingerprint density at radius 2 is 1.85 bits per heavy atom. The van der Waals surface area contributed by atoms with E-state index in [2.05, 4.69) is 22.0 Å². The first-order chi connectivity index (χ1) is 18.9. The maximum Gasteiger partial charge on any atom is 0.360 e. The fourth-order valence-corrected chi connectivity index (χ4v) is 7.36. The molecule has 2 aliphatic carbocycles. The number of carbonyl (C=O) groups excluding carboxylic acids is 1. The van der Waals surface area contributed by atoms with Crippen LogP contribution in [-0.2, 0) is 14.4 Å². The Hall–Kier alpha value is -3.27. The van der Waals surface area contributed by atoms with E-state index < -0.39 is 29.8 Å². The molecule has 1 saturated heterocycles. The van der Waals surface area contributed by atoms with E-state index >= 15 is 0 Å². The van der Waals surface area contributed by atoms with Crippen LogP contribution in [0.1, 0.15) is 82.9 Å². The second-order valence-electron chi connectivity index (χ2n) is 11.5. The normalized spacial score (nSPS) is 27.8. The van der Waals surface area contributed by atoms with Gasteiger partial charge >= 0.3 is 5.97 Å². The zero-order valence-electron chi connectivity index (χ0n) is 22.6. The van der Waals surface area contributed by atoms with Gasteiger partial charge in [-0.15, -0.1) is 0 Å². The van der Waals surface area contributed by atoms with E-state index in [9.17, 15) is 19.5 Å². The van der Waals surface area contributed by atoms with Gasteiger partial charge in [-0.2, -0.15) is 0 Å². The van der Waals surface area contributed by atoms with E-state index in [1.807, 2.05) is 12.1 Å². The van der Waals surface area contributed by atoms with Gasteiger partial charge in [-0.05, 0) is 62.5 Å². The van der Waals surface area contributed by atoms with Crippen LogP contribution < -0.4 is 11.3 Å². The predicted molar refractivity (Wildman–Crippen MR) is 147 cm³/mol. The molecule has 1 aromatic heterocycles. The van der Waals surface area contributed by atoms with Crippen LogP contribution in [0.25, 0.3) is 11.0 Å². The van der Waals surface area contributed by atoms with Crippen molar-refractivity contribution in [2.75, 3.05) is 13.2 Å². The van der Waals surface area contributed by atoms with Crippen LogP contribution in [0.5, 0.6) is 0 Å². The summed E-state index contributed by atoms with van der Waals surface area (Å²) in [5.74, 6) is -0.570. The lowest BCUT2D eigenvalue weighted by molar-refractivity contribution is -0.130. The highest BCUT2D eigenvalue weighted by Crippen LogP contribution is 2.44. The molecule has 2 aromatic rings. The molecule has 3 aliphatic rings. The molecule has 10 heteroatoms. The monoisotopic (exact) mass is 537 g/mol. The van der Waals surface area contributed by atoms with Gasteiger partial charge < -0.3 is 20.2 Å². The number of hydrogen-bond acceptors (Lipinski definition) is 7. The zero-order chi connectivity index (χ0) is 27.5. The van der Waals surface area contributed by atoms with E-state index in [1.165, 1.54) is 38.5 Å². The standard InChI is InChI=1S/C29H39N5O5/c1-2-6-20-16-21(11-12-33(20)22-14-18-7-5-8-19(13-18)15-22)34-24-10-4-3-9-23(24)31-26(28(34)36)27(29(37)38)32-39-17-25(30)35/h3-4,9-10,18-22H,2,5-8,11-17H2,1H3,(H2,30,35)(H,37,38)/b32-27-/t18-,19?,20+,21+,22?/m1/s1. The summed E-state index contributed by atoms with van der Waals surface area (Å²) in [7, 11) is 0. The third-order valence-corrected chi connectivity index (χ3v) is 8.88. The van der Waals surface area contributed by atoms with Gasteiger partial charge in [-0.1, -0.05) is 49.9 Å². The number of piperidine rings is 1. The second-order valence-corrected chi connectivity index (χ2v) is 11.5. The van der Waals surface area contributed by atoms with Gasteiger partial charge in [0, 0.05) is 24.7 Å². The molecule has 39 heavy (non-hydrogen) atoms. The van der Waals surface area contributed by atoms with Gasteiger partial charge in [0.15, 0.2) is 12.3 Å². The fourth-order valence-electron chi connectivity index (χ4n) is 7.36. The lowest BCUT2D eigenvalue weighted by atomic mass is 9.69. The van der Waals surface area contributed by atoms with E-state index in [4.69, 9.17) is 10.6 Å². The molecular formula is C29H39N5O5. The van der Waals surface area contributed by atoms with Gasteiger partial charge in [-0.25, -0.2) is 9.78 Å². The van der Waals surface area contributed by atoms with Crippen LogP contribution in [0.15, 0.2) is 34.2 Å². The summed E-state index contributed by atoms with van der Waals surface area (Å²) < 4.78 is 1.72. The number of carbonyl (C=O) groups is 2. The molecule has 1 aliphatic heterocycles. The number of likely N-dealkylation sites (tertiary alicyclic amines) is 1. The van der Waals surface area contributed by atoms with Crippen molar-refractivity contribution in [3.63, 3.8) is 0 Å². The Bertz CT molecular complexity index is 1290. The summed E-state index contributed by atoms with van der Waals surface area (Å²) in [4.78, 5) is 49.0. The summed E-state index contributed by atoms with van der Waals surface area (Å²) in [5, 5.41) is 13.4. The average Bonchev–Trinajstić information content (AvgIpc) is 2.91. The van der Waals surface area contributed by atoms with Gasteiger partial charge in [0.2, 0.25) is 5.71 Å². The van der Waals surface area contributed by atoms with Crippen LogP contribution in [0.4, 0.5) is 0 Å². The molecule has 1 aromatic carbocycles. The number of rotatable bonds is 9. The fraction of sp³-hybridized carbons (Fsp3) is 0.621. The number of benzene rings is 1. The molecule has 5 atom stereocenters. The number of carboxylic acids is 1. The van der Waals surface area contributed by atoms with Crippen molar-refractivity contribution >= 4 is 28.6 Å². The van der Waals surface area contributed by atoms with Crippen LogP contribution in [-0.4, -0.2) is 62.4 Å². The van der Waals surface area contributed by atoms with Gasteiger partial charge in [0.1, 0.15) is 0 Å². The van der Waals surface area contributed by atoms with Crippen molar-refractivity contribution in [1.29, 1.82) is 0 Å². The molecule has 0 radical (unpaired) electrons. The molecule has 3 N–H and O–H groups in total. The van der Waals surface area contributed by atoms with Crippen molar-refractivity contribution < 1.29 is 19.5 Å². The number of primary amides is 1. The number of aromatic nitrogens is 2. The number of fused-ring (bicyclic) bond motifs is 3. The SMILES string of the molecule is CCC[C@H]1C[C@@H](n2c(=O)c(/C(=N/OCC(N)=O)C(=O)O)nc3ccccc32)CCN1C1CC2CCC[C@H](C2)C1. The third-order valence-electron chi connectivity index (χ3n) is 8.88. The van der Waals surface area contributed by atoms with Crippen LogP contribution in [0, 0.1) is 11.8 Å². The lowest BCUT2D eigenvalue weighted by Gasteiger charge is -2.49. The molecule has 5 rings (SSSR count). The van der Waals surface area contributed by atoms with E-state index in [0.717, 1.165) is 44.1 Å². The highest BCUT2D eigenvalue weighted by molar-refractivity contribution is 6.41. The highest BCUT2D eigenvalue weighted by atomic mass is 16.6. The Morgan fingerprint density at radius 3 is 2.54 bits per heavy atom. The number of nitrogens with zero attached hydrogens (tertiary/aromatic N) is 4. The molecule has 210 valence electrons. The van der Waals surface area contributed by atoms with E-state index in [-0.39, 0.29) is 11.7 Å². The average molecular weight is 538 g/mol. The maximum atomic E-state index is 13.9. The molecular weight excluding hydrogens is 498 g/mol. The smallest absolute Gasteiger partial charge is 0.360 e. The zero-order valence-corrected chi connectivity index (χ0v) is 22.6. The number of nitrogens with two attached hydrogens (primary N) is 1. The minimum absolute atomic E-state index is 0.0957. The molecule has 3 fully saturated rings. The first-order valence-corrected chi connectivity index (χ1v) is 14.3. The quantitative estimate of drug-likeness (QED) is 0.369. The maximum absolute atomic E-state index is 13.9. The van der Waals surface area contributed by atoms with Crippen molar-refractivity contribution in [2.24, 2.45) is 22.7 Å². The third kappa shape index (κ3) is 5.85. The lowest BCUT2D eigenvalue weighted by Crippen LogP contribution is -2.52. The molecule has 0 spiro atoms. The number of oxime groups is 1. The van der Waals surface area contributed by atoms with E-state index in [0.29, 0.717) is 23.1 Å². The Kier molecular flexibility index (Phi) is 8.30. The number of amides is 1. The molecule has 2 saturated carbocycles. The number of para-hydroxylation sites is 2. The molecule has 1 amide bonds. The summed E-state index contributed by atoms with van der Waals surface area (Å²) >= 11 is 0. The van der Waals surface area contributed by atoms with Crippen molar-refractivity contribution in [2.45, 2.75) is 89.3 Å². The number of hydrogen-bond donors (Lipinski definition) is 2. The minimum Gasteiger partial charge on any atom is -0.476 e. The molecule has 2 bridgehead atoms. The topological polar surface area (TPSA) is 140 Å². The van der Waals surface area contributed by atoms with Crippen molar-refractivity contribution in [3.05, 3.63) is 40.3 Å². The number of carboxylic acid groups (broad SMARTS) is 1. The van der Waals surface area contributed by atoms with Crippen LogP contribution >= 0.6 is 0 Å². The molecule has 10 nitrogen and oxygen atoms in total. The van der Waals surface area contributed by atoms with E-state index in [1.54, 1.807) is 16.7 Å². The van der Waals surface area contributed by atoms with Crippen molar-refractivity contribution in [3.8, 4) is 0 Å². The van der Waals surface area contributed by atoms with Gasteiger partial charge in [-0.3, -0.25) is 14.5 Å². The summed E-state index contributed by atoms with van der Waals surface area (Å²) in [6, 6.07) is 8.17. The van der Waals surface area contributed by atoms with Crippen LogP contribution in [0.3, 0.4) is 0 Å². The first-order valence-electron chi connectivity index (χ1n) is 14.3. The second kappa shape index (κ2) is 11.9. The highest BCUT2D eigenvalue weighted by Gasteiger charge is 2.40. The largest absolute Gasteiger partial charge is 0.476 e. The molecule has 2 heterocycles. The number of aliphatic carboxylic acids is 1. The predicted octanol–water partition coefficient (Wildman–Crippen LogP) is 3.46. The summed E-state index contributed by atoms with van der Waals surface area (Å²) in [6.45, 7) is 2.53. The Balaban J connectivity index is 1.49. The first kappa shape index (κ1) is 27.3. The van der Waals surface area contributed by atoms with Crippen molar-refractivity contribution in [1.82, 2.24) is 14.5 Å². The Labute approximate surface area is 228 Å². The molecule has 2 unspecified atom stereocenters. The summed E-state index contributed by atoms with van der Waals surface area (Å²) in [6.07, 6.45) is 11.8. The summed E-state index contributed by atoms with van der Waals surface area (Å²) in [5.41, 5.74) is 4.80. The minimum atomic E-state index is -1.47.